The molecular weight excluding hydrogens is 523 g/mol. The van der Waals surface area contributed by atoms with E-state index >= 15 is 0 Å². The van der Waals surface area contributed by atoms with Crippen LogP contribution in [0.15, 0.2) is 76.2 Å². The van der Waals surface area contributed by atoms with Crippen molar-refractivity contribution in [2.45, 2.75) is 38.9 Å². The quantitative estimate of drug-likeness (QED) is 0.256. The molecule has 0 aliphatic heterocycles. The summed E-state index contributed by atoms with van der Waals surface area (Å²) in [6.45, 7) is 3.46. The van der Waals surface area contributed by atoms with Gasteiger partial charge in [0, 0.05) is 23.4 Å². The van der Waals surface area contributed by atoms with Crippen LogP contribution in [0.2, 0.25) is 0 Å². The van der Waals surface area contributed by atoms with Crippen molar-refractivity contribution >= 4 is 10.9 Å². The number of halogens is 3. The third kappa shape index (κ3) is 5.16. The number of benzene rings is 2. The number of fused-ring (bicyclic) bond motifs is 1. The summed E-state index contributed by atoms with van der Waals surface area (Å²) < 4.78 is 56.0. The lowest BCUT2D eigenvalue weighted by Crippen LogP contribution is -2.33. The van der Waals surface area contributed by atoms with Crippen molar-refractivity contribution in [1.29, 1.82) is 0 Å². The minimum Gasteiger partial charge on any atom is -0.508 e. The molecule has 10 heteroatoms. The van der Waals surface area contributed by atoms with Crippen molar-refractivity contribution in [3.8, 4) is 22.6 Å². The van der Waals surface area contributed by atoms with Crippen LogP contribution in [-0.2, 0) is 13.0 Å². The Morgan fingerprint density at radius 1 is 1.07 bits per heavy atom. The fourth-order valence-corrected chi connectivity index (χ4v) is 4.99. The zero-order chi connectivity index (χ0) is 28.6. The molecule has 0 bridgehead atoms. The van der Waals surface area contributed by atoms with E-state index in [9.17, 15) is 23.1 Å². The maximum atomic E-state index is 14.6. The molecular formula is C30H26F3N3O4. The highest BCUT2D eigenvalue weighted by atomic mass is 19.4. The van der Waals surface area contributed by atoms with Gasteiger partial charge in [0.1, 0.15) is 17.3 Å². The second-order valence-corrected chi connectivity index (χ2v) is 9.59. The molecule has 1 atom stereocenters. The molecule has 0 spiro atoms. The molecule has 0 fully saturated rings. The van der Waals surface area contributed by atoms with E-state index in [2.05, 4.69) is 10.1 Å². The SMILES string of the molecule is COc1cc2c(cc1-c1c(C)noc1C)cc(C(Cc1ccc(O)cc1)C(F)(F)F)c(=O)n2Cc1ccccn1. The van der Waals surface area contributed by atoms with Crippen LogP contribution in [0.1, 0.15) is 34.2 Å². The summed E-state index contributed by atoms with van der Waals surface area (Å²) >= 11 is 0. The number of phenolic OH excluding ortho intramolecular Hbond substituents is 1. The molecule has 0 radical (unpaired) electrons. The van der Waals surface area contributed by atoms with E-state index in [0.717, 1.165) is 0 Å². The Kier molecular flexibility index (Phi) is 7.10. The topological polar surface area (TPSA) is 90.4 Å². The molecule has 40 heavy (non-hydrogen) atoms. The van der Waals surface area contributed by atoms with Crippen molar-refractivity contribution in [1.82, 2.24) is 14.7 Å². The van der Waals surface area contributed by atoms with Gasteiger partial charge in [-0.15, -0.1) is 0 Å². The van der Waals surface area contributed by atoms with Gasteiger partial charge in [0.2, 0.25) is 0 Å². The van der Waals surface area contributed by atoms with Gasteiger partial charge in [0.05, 0.1) is 42.0 Å². The molecule has 0 aliphatic carbocycles. The number of ether oxygens (including phenoxy) is 1. The van der Waals surface area contributed by atoms with Gasteiger partial charge in [-0.1, -0.05) is 23.4 Å². The first-order chi connectivity index (χ1) is 19.1. The first kappa shape index (κ1) is 27.0. The second-order valence-electron chi connectivity index (χ2n) is 9.59. The molecule has 0 aliphatic rings. The lowest BCUT2D eigenvalue weighted by molar-refractivity contribution is -0.150. The molecule has 5 aromatic rings. The van der Waals surface area contributed by atoms with E-state index < -0.39 is 24.1 Å². The molecule has 0 amide bonds. The number of hydrogen-bond acceptors (Lipinski definition) is 6. The van der Waals surface area contributed by atoms with Crippen molar-refractivity contribution in [3.05, 3.63) is 105 Å². The average Bonchev–Trinajstić information content (AvgIpc) is 3.26. The summed E-state index contributed by atoms with van der Waals surface area (Å²) in [6, 6.07) is 15.3. The van der Waals surface area contributed by atoms with Crippen LogP contribution >= 0.6 is 0 Å². The van der Waals surface area contributed by atoms with Crippen molar-refractivity contribution < 1.29 is 27.5 Å². The van der Waals surface area contributed by atoms with E-state index in [1.54, 1.807) is 50.4 Å². The number of hydrogen-bond donors (Lipinski definition) is 1. The van der Waals surface area contributed by atoms with Crippen LogP contribution in [-0.4, -0.2) is 33.1 Å². The maximum absolute atomic E-state index is 14.6. The highest BCUT2D eigenvalue weighted by molar-refractivity contribution is 5.90. The van der Waals surface area contributed by atoms with Gasteiger partial charge in [-0.3, -0.25) is 9.78 Å². The summed E-state index contributed by atoms with van der Waals surface area (Å²) in [6.07, 6.45) is -3.63. The molecule has 1 unspecified atom stereocenters. The first-order valence-electron chi connectivity index (χ1n) is 12.5. The number of aromatic nitrogens is 3. The minimum absolute atomic E-state index is 0.0401. The standard InChI is InChI=1S/C30H26F3N3O4/c1-17-28(18(2)40-35-17)24-14-20-13-23(25(30(31,32)33)12-19-7-9-22(37)10-8-19)29(38)36(26(20)15-27(24)39-3)16-21-6-4-5-11-34-21/h4-11,13-15,25,37H,12,16H2,1-3H3. The number of nitrogens with zero attached hydrogens (tertiary/aromatic N) is 3. The number of phenols is 1. The molecule has 7 nitrogen and oxygen atoms in total. The van der Waals surface area contributed by atoms with Crippen molar-refractivity contribution in [3.63, 3.8) is 0 Å². The number of aryl methyl sites for hydroxylation is 2. The van der Waals surface area contributed by atoms with Crippen LogP contribution in [0, 0.1) is 13.8 Å². The van der Waals surface area contributed by atoms with E-state index in [1.807, 2.05) is 0 Å². The number of aromatic hydroxyl groups is 1. The van der Waals surface area contributed by atoms with Crippen LogP contribution < -0.4 is 10.3 Å². The van der Waals surface area contributed by atoms with Crippen LogP contribution in [0.25, 0.3) is 22.0 Å². The molecule has 0 saturated heterocycles. The van der Waals surface area contributed by atoms with E-state index in [1.165, 1.54) is 42.0 Å². The van der Waals surface area contributed by atoms with Gasteiger partial charge < -0.3 is 18.9 Å². The largest absolute Gasteiger partial charge is 0.508 e. The van der Waals surface area contributed by atoms with Gasteiger partial charge >= 0.3 is 6.18 Å². The predicted molar refractivity (Wildman–Crippen MR) is 144 cm³/mol. The zero-order valence-electron chi connectivity index (χ0n) is 22.0. The molecule has 206 valence electrons. The Labute approximate surface area is 227 Å². The highest BCUT2D eigenvalue weighted by Gasteiger charge is 2.42. The molecule has 3 heterocycles. The number of rotatable bonds is 7. The highest BCUT2D eigenvalue weighted by Crippen LogP contribution is 2.40. The smallest absolute Gasteiger partial charge is 0.396 e. The Bertz CT molecular complexity index is 1710. The number of alkyl halides is 3. The third-order valence-corrected chi connectivity index (χ3v) is 6.94. The normalized spacial score (nSPS) is 12.6. The van der Waals surface area contributed by atoms with Crippen LogP contribution in [0.3, 0.4) is 0 Å². The Morgan fingerprint density at radius 2 is 1.82 bits per heavy atom. The summed E-state index contributed by atoms with van der Waals surface area (Å²) in [4.78, 5) is 18.2. The summed E-state index contributed by atoms with van der Waals surface area (Å²) in [5, 5.41) is 14.0. The summed E-state index contributed by atoms with van der Waals surface area (Å²) in [7, 11) is 1.48. The molecule has 1 N–H and O–H groups in total. The average molecular weight is 550 g/mol. The molecule has 0 saturated carbocycles. The monoisotopic (exact) mass is 549 g/mol. The van der Waals surface area contributed by atoms with Gasteiger partial charge in [-0.25, -0.2) is 0 Å². The van der Waals surface area contributed by atoms with Gasteiger partial charge in [0.15, 0.2) is 0 Å². The van der Waals surface area contributed by atoms with E-state index in [0.29, 0.717) is 50.5 Å². The summed E-state index contributed by atoms with van der Waals surface area (Å²) in [5.41, 5.74) is 1.93. The number of methoxy groups -OCH3 is 1. The fraction of sp³-hybridized carbons (Fsp3) is 0.233. The minimum atomic E-state index is -4.72. The second kappa shape index (κ2) is 10.5. The van der Waals surface area contributed by atoms with Crippen molar-refractivity contribution in [2.24, 2.45) is 0 Å². The molecule has 2 aromatic carbocycles. The predicted octanol–water partition coefficient (Wildman–Crippen LogP) is 6.32. The first-order valence-corrected chi connectivity index (χ1v) is 12.5. The van der Waals surface area contributed by atoms with Crippen LogP contribution in [0.4, 0.5) is 13.2 Å². The van der Waals surface area contributed by atoms with Crippen LogP contribution in [0.5, 0.6) is 11.5 Å². The van der Waals surface area contributed by atoms with E-state index in [4.69, 9.17) is 9.26 Å². The lowest BCUT2D eigenvalue weighted by Gasteiger charge is -2.23. The van der Waals surface area contributed by atoms with Crippen molar-refractivity contribution in [2.75, 3.05) is 7.11 Å². The Hall–Kier alpha value is -4.60. The summed E-state index contributed by atoms with van der Waals surface area (Å²) in [5.74, 6) is -1.21. The molecule has 5 rings (SSSR count). The van der Waals surface area contributed by atoms with E-state index in [-0.39, 0.29) is 17.9 Å². The van der Waals surface area contributed by atoms with Gasteiger partial charge in [-0.2, -0.15) is 13.2 Å². The Morgan fingerprint density at radius 3 is 2.42 bits per heavy atom. The third-order valence-electron chi connectivity index (χ3n) is 6.94. The lowest BCUT2D eigenvalue weighted by atomic mass is 9.90. The van der Waals surface area contributed by atoms with Gasteiger partial charge in [-0.05, 0) is 67.6 Å². The zero-order valence-corrected chi connectivity index (χ0v) is 22.0. The Balaban J connectivity index is 1.78. The number of pyridine rings is 2. The van der Waals surface area contributed by atoms with Gasteiger partial charge in [0.25, 0.3) is 5.56 Å². The fourth-order valence-electron chi connectivity index (χ4n) is 4.99. The molecule has 3 aromatic heterocycles. The maximum Gasteiger partial charge on any atom is 0.396 e.